The molecule has 4 amide bonds. The second-order valence-corrected chi connectivity index (χ2v) is 2.53. The van der Waals surface area contributed by atoms with Crippen molar-refractivity contribution in [1.29, 1.82) is 5.41 Å². The first-order chi connectivity index (χ1) is 6.91. The van der Waals surface area contributed by atoms with Crippen molar-refractivity contribution in [2.24, 2.45) is 4.99 Å². The van der Waals surface area contributed by atoms with Gasteiger partial charge in [0.15, 0.2) is 0 Å². The van der Waals surface area contributed by atoms with E-state index in [4.69, 9.17) is 10.5 Å². The van der Waals surface area contributed by atoms with Gasteiger partial charge < -0.3 is 5.11 Å². The van der Waals surface area contributed by atoms with Crippen LogP contribution in [-0.4, -0.2) is 46.9 Å². The maximum Gasteiger partial charge on any atom is 0.411 e. The first kappa shape index (κ1) is 10.6. The topological polar surface area (TPSA) is 135 Å². The summed E-state index contributed by atoms with van der Waals surface area (Å²) in [6.45, 7) is 0. The molecule has 4 N–H and O–H groups in total. The molecule has 1 saturated heterocycles. The number of amidine groups is 1. The summed E-state index contributed by atoms with van der Waals surface area (Å²) in [5.41, 5.74) is 0. The van der Waals surface area contributed by atoms with Gasteiger partial charge in [0.2, 0.25) is 11.8 Å². The van der Waals surface area contributed by atoms with Crippen molar-refractivity contribution in [3.05, 3.63) is 0 Å². The third-order valence-electron chi connectivity index (χ3n) is 1.49. The lowest BCUT2D eigenvalue weighted by Crippen LogP contribution is -2.32. The van der Waals surface area contributed by atoms with E-state index in [0.717, 1.165) is 4.90 Å². The number of urea groups is 1. The SMILES string of the molecule is CN1C(=O)NC(=O)/C1=N\C(=N)NC(=O)O. The summed E-state index contributed by atoms with van der Waals surface area (Å²) in [5, 5.41) is 18.8. The number of hydrogen-bond donors (Lipinski definition) is 4. The second kappa shape index (κ2) is 3.74. The van der Waals surface area contributed by atoms with Gasteiger partial charge in [-0.15, -0.1) is 0 Å². The van der Waals surface area contributed by atoms with Crippen molar-refractivity contribution in [1.82, 2.24) is 15.5 Å². The number of carbonyl (C=O) groups is 3. The van der Waals surface area contributed by atoms with E-state index in [0.29, 0.717) is 0 Å². The molecule has 9 nitrogen and oxygen atoms in total. The Morgan fingerprint density at radius 1 is 1.60 bits per heavy atom. The van der Waals surface area contributed by atoms with Gasteiger partial charge in [-0.1, -0.05) is 0 Å². The van der Waals surface area contributed by atoms with E-state index in [2.05, 4.69) is 4.99 Å². The van der Waals surface area contributed by atoms with Crippen LogP contribution in [0.5, 0.6) is 0 Å². The lowest BCUT2D eigenvalue weighted by molar-refractivity contribution is -0.113. The molecule has 0 radical (unpaired) electrons. The van der Waals surface area contributed by atoms with Crippen LogP contribution in [0.2, 0.25) is 0 Å². The van der Waals surface area contributed by atoms with Crippen LogP contribution in [0.25, 0.3) is 0 Å². The van der Waals surface area contributed by atoms with Gasteiger partial charge in [0.05, 0.1) is 0 Å². The number of nitrogens with one attached hydrogen (secondary N) is 3. The fourth-order valence-corrected chi connectivity index (χ4v) is 0.846. The molecule has 0 atom stereocenters. The largest absolute Gasteiger partial charge is 0.465 e. The van der Waals surface area contributed by atoms with E-state index in [-0.39, 0.29) is 5.84 Å². The molecule has 80 valence electrons. The zero-order valence-electron chi connectivity index (χ0n) is 7.57. The third kappa shape index (κ3) is 2.27. The van der Waals surface area contributed by atoms with Crippen molar-refractivity contribution < 1.29 is 19.5 Å². The van der Waals surface area contributed by atoms with Crippen LogP contribution >= 0.6 is 0 Å². The number of likely N-dealkylation sites (N-methyl/N-ethyl adjacent to an activating group) is 1. The number of carbonyl (C=O) groups excluding carboxylic acids is 2. The van der Waals surface area contributed by atoms with Gasteiger partial charge in [-0.3, -0.25) is 25.7 Å². The molecule has 9 heteroatoms. The molecule has 15 heavy (non-hydrogen) atoms. The number of aliphatic imine (C=N–C) groups is 1. The second-order valence-electron chi connectivity index (χ2n) is 2.53. The normalized spacial score (nSPS) is 17.9. The van der Waals surface area contributed by atoms with Gasteiger partial charge in [-0.2, -0.15) is 4.99 Å². The molecule has 0 unspecified atom stereocenters. The minimum absolute atomic E-state index is 0.334. The first-order valence-electron chi connectivity index (χ1n) is 3.68. The highest BCUT2D eigenvalue weighted by atomic mass is 16.4. The number of nitrogens with zero attached hydrogens (tertiary/aromatic N) is 2. The van der Waals surface area contributed by atoms with Gasteiger partial charge in [-0.05, 0) is 0 Å². The fourth-order valence-electron chi connectivity index (χ4n) is 0.846. The lowest BCUT2D eigenvalue weighted by atomic mass is 10.5. The van der Waals surface area contributed by atoms with E-state index < -0.39 is 24.0 Å². The first-order valence-corrected chi connectivity index (χ1v) is 3.68. The predicted octanol–water partition coefficient (Wildman–Crippen LogP) is -1.23. The van der Waals surface area contributed by atoms with Gasteiger partial charge in [0.1, 0.15) is 0 Å². The van der Waals surface area contributed by atoms with Gasteiger partial charge in [0, 0.05) is 7.05 Å². The molecule has 0 aromatic heterocycles. The van der Waals surface area contributed by atoms with Crippen LogP contribution < -0.4 is 10.6 Å². The summed E-state index contributed by atoms with van der Waals surface area (Å²) >= 11 is 0. The maximum absolute atomic E-state index is 11.0. The molecule has 0 spiro atoms. The minimum Gasteiger partial charge on any atom is -0.465 e. The Labute approximate surface area is 83.3 Å². The van der Waals surface area contributed by atoms with Crippen LogP contribution in [0.1, 0.15) is 0 Å². The van der Waals surface area contributed by atoms with Crippen molar-refractivity contribution in [3.63, 3.8) is 0 Å². The predicted molar refractivity (Wildman–Crippen MR) is 47.6 cm³/mol. The third-order valence-corrected chi connectivity index (χ3v) is 1.49. The zero-order valence-corrected chi connectivity index (χ0v) is 7.57. The number of amides is 4. The fraction of sp³-hybridized carbons (Fsp3) is 0.167. The summed E-state index contributed by atoms with van der Waals surface area (Å²) in [7, 11) is 1.27. The summed E-state index contributed by atoms with van der Waals surface area (Å²) < 4.78 is 0. The highest BCUT2D eigenvalue weighted by molar-refractivity contribution is 6.48. The molecule has 1 aliphatic heterocycles. The molecular formula is C6H7N5O4. The Morgan fingerprint density at radius 3 is 2.60 bits per heavy atom. The summed E-state index contributed by atoms with van der Waals surface area (Å²) in [6, 6.07) is -0.679. The zero-order chi connectivity index (χ0) is 11.6. The molecule has 0 saturated carbocycles. The van der Waals surface area contributed by atoms with Crippen LogP contribution in [0.4, 0.5) is 9.59 Å². The number of carboxylic acid groups (broad SMARTS) is 1. The Kier molecular flexibility index (Phi) is 2.65. The Hall–Kier alpha value is -2.45. The highest BCUT2D eigenvalue weighted by Gasteiger charge is 2.32. The summed E-state index contributed by atoms with van der Waals surface area (Å²) in [5.74, 6) is -1.85. The Balaban J connectivity index is 2.83. The smallest absolute Gasteiger partial charge is 0.411 e. The van der Waals surface area contributed by atoms with Crippen molar-refractivity contribution in [3.8, 4) is 0 Å². The monoisotopic (exact) mass is 213 g/mol. The molecule has 0 aromatic rings. The summed E-state index contributed by atoms with van der Waals surface area (Å²) in [4.78, 5) is 36.3. The van der Waals surface area contributed by atoms with E-state index >= 15 is 0 Å². The molecule has 0 aromatic carbocycles. The minimum atomic E-state index is -1.48. The number of guanidine groups is 1. The van der Waals surface area contributed by atoms with Gasteiger partial charge in [-0.25, -0.2) is 9.59 Å². The van der Waals surface area contributed by atoms with E-state index in [1.165, 1.54) is 7.05 Å². The van der Waals surface area contributed by atoms with Crippen molar-refractivity contribution in [2.45, 2.75) is 0 Å². The molecule has 0 bridgehead atoms. The molecule has 1 aliphatic rings. The van der Waals surface area contributed by atoms with Crippen molar-refractivity contribution in [2.75, 3.05) is 7.05 Å². The quantitative estimate of drug-likeness (QED) is 0.227. The molecular weight excluding hydrogens is 206 g/mol. The Morgan fingerprint density at radius 2 is 2.20 bits per heavy atom. The van der Waals surface area contributed by atoms with Crippen molar-refractivity contribution >= 4 is 29.8 Å². The number of rotatable bonds is 0. The molecule has 0 aliphatic carbocycles. The van der Waals surface area contributed by atoms with E-state index in [9.17, 15) is 14.4 Å². The van der Waals surface area contributed by atoms with Crippen LogP contribution in [0, 0.1) is 5.41 Å². The van der Waals surface area contributed by atoms with E-state index in [1.54, 1.807) is 5.32 Å². The average molecular weight is 213 g/mol. The standard InChI is InChI=1S/C6H7N5O4/c1-11-2(3(12)9-5(11)13)8-4(7)10-6(14)15/h1H3,(H2,7,10)(H,14,15)(H,9,12,13)/b8-2+. The average Bonchev–Trinajstić information content (AvgIpc) is 2.31. The van der Waals surface area contributed by atoms with Crippen LogP contribution in [-0.2, 0) is 4.79 Å². The van der Waals surface area contributed by atoms with Gasteiger partial charge in [0.25, 0.3) is 5.91 Å². The molecule has 1 heterocycles. The van der Waals surface area contributed by atoms with E-state index in [1.807, 2.05) is 5.32 Å². The van der Waals surface area contributed by atoms with Crippen LogP contribution in [0.15, 0.2) is 4.99 Å². The molecule has 1 fully saturated rings. The van der Waals surface area contributed by atoms with Crippen LogP contribution in [0.3, 0.4) is 0 Å². The number of hydrogen-bond acceptors (Lipinski definition) is 4. The maximum atomic E-state index is 11.0. The van der Waals surface area contributed by atoms with Gasteiger partial charge >= 0.3 is 12.1 Å². The number of imide groups is 1. The molecule has 1 rings (SSSR count). The summed E-state index contributed by atoms with van der Waals surface area (Å²) in [6.07, 6.45) is -1.48. The Bertz CT molecular complexity index is 387. The highest BCUT2D eigenvalue weighted by Crippen LogP contribution is 1.98. The lowest BCUT2D eigenvalue weighted by Gasteiger charge is -2.05.